The first-order chi connectivity index (χ1) is 10.7. The third-order valence-corrected chi connectivity index (χ3v) is 3.67. The number of hydrogen-bond donors (Lipinski definition) is 1. The normalized spacial score (nSPS) is 11.7. The van der Waals surface area contributed by atoms with Gasteiger partial charge < -0.3 is 10.1 Å². The maximum absolute atomic E-state index is 12.0. The van der Waals surface area contributed by atoms with Crippen molar-refractivity contribution in [3.8, 4) is 5.75 Å². The predicted molar refractivity (Wildman–Crippen MR) is 89.3 cm³/mol. The second-order valence-electron chi connectivity index (χ2n) is 5.06. The molecule has 0 aliphatic heterocycles. The molecule has 0 aliphatic rings. The standard InChI is InChI=1S/C18H20ClNO2/c1-14(22-16-10-3-2-4-11-16)18(21)20-13-7-9-15-8-5-6-12-17(15)19/h2-6,8,10-12,14H,7,9,13H2,1H3,(H,20,21). The van der Waals surface area contributed by atoms with E-state index in [1.807, 2.05) is 54.6 Å². The maximum atomic E-state index is 12.0. The molecule has 2 aromatic carbocycles. The monoisotopic (exact) mass is 317 g/mol. The highest BCUT2D eigenvalue weighted by Crippen LogP contribution is 2.16. The van der Waals surface area contributed by atoms with Gasteiger partial charge in [-0.05, 0) is 43.5 Å². The Morgan fingerprint density at radius 2 is 1.82 bits per heavy atom. The van der Waals surface area contributed by atoms with Gasteiger partial charge in [0, 0.05) is 11.6 Å². The molecule has 0 saturated carbocycles. The molecule has 0 saturated heterocycles. The fourth-order valence-electron chi connectivity index (χ4n) is 2.09. The van der Waals surface area contributed by atoms with Crippen LogP contribution in [0.4, 0.5) is 0 Å². The minimum Gasteiger partial charge on any atom is -0.481 e. The number of hydrogen-bond acceptors (Lipinski definition) is 2. The molecule has 0 spiro atoms. The van der Waals surface area contributed by atoms with Gasteiger partial charge in [0.15, 0.2) is 6.10 Å². The molecule has 0 radical (unpaired) electrons. The van der Waals surface area contributed by atoms with Crippen molar-refractivity contribution < 1.29 is 9.53 Å². The van der Waals surface area contributed by atoms with E-state index in [1.54, 1.807) is 6.92 Å². The van der Waals surface area contributed by atoms with Gasteiger partial charge in [-0.15, -0.1) is 0 Å². The molecule has 22 heavy (non-hydrogen) atoms. The van der Waals surface area contributed by atoms with Gasteiger partial charge >= 0.3 is 0 Å². The quantitative estimate of drug-likeness (QED) is 0.788. The minimum atomic E-state index is -0.511. The molecule has 4 heteroatoms. The van der Waals surface area contributed by atoms with Crippen molar-refractivity contribution in [3.63, 3.8) is 0 Å². The van der Waals surface area contributed by atoms with E-state index in [0.717, 1.165) is 23.4 Å². The lowest BCUT2D eigenvalue weighted by atomic mass is 10.1. The van der Waals surface area contributed by atoms with Gasteiger partial charge in [-0.3, -0.25) is 4.79 Å². The summed E-state index contributed by atoms with van der Waals surface area (Å²) >= 11 is 6.10. The van der Waals surface area contributed by atoms with Crippen LogP contribution in [0.5, 0.6) is 5.75 Å². The van der Waals surface area contributed by atoms with Crippen LogP contribution in [0.25, 0.3) is 0 Å². The number of nitrogens with one attached hydrogen (secondary N) is 1. The lowest BCUT2D eigenvalue weighted by Crippen LogP contribution is -2.36. The van der Waals surface area contributed by atoms with Gasteiger partial charge in [-0.25, -0.2) is 0 Å². The molecular formula is C18H20ClNO2. The van der Waals surface area contributed by atoms with Crippen molar-refractivity contribution in [2.45, 2.75) is 25.9 Å². The Balaban J connectivity index is 1.70. The van der Waals surface area contributed by atoms with E-state index in [4.69, 9.17) is 16.3 Å². The number of aryl methyl sites for hydroxylation is 1. The number of ether oxygens (including phenoxy) is 1. The Labute approximate surface area is 136 Å². The molecule has 0 fully saturated rings. The zero-order chi connectivity index (χ0) is 15.8. The van der Waals surface area contributed by atoms with Gasteiger partial charge in [-0.2, -0.15) is 0 Å². The summed E-state index contributed by atoms with van der Waals surface area (Å²) in [6, 6.07) is 17.1. The Morgan fingerprint density at radius 3 is 2.55 bits per heavy atom. The van der Waals surface area contributed by atoms with Crippen LogP contribution in [-0.2, 0) is 11.2 Å². The first kappa shape index (κ1) is 16.4. The lowest BCUT2D eigenvalue weighted by molar-refractivity contribution is -0.127. The fraction of sp³-hybridized carbons (Fsp3) is 0.278. The number of carbonyl (C=O) groups is 1. The number of benzene rings is 2. The van der Waals surface area contributed by atoms with Crippen molar-refractivity contribution >= 4 is 17.5 Å². The highest BCUT2D eigenvalue weighted by atomic mass is 35.5. The smallest absolute Gasteiger partial charge is 0.260 e. The minimum absolute atomic E-state index is 0.108. The maximum Gasteiger partial charge on any atom is 0.260 e. The van der Waals surface area contributed by atoms with Crippen LogP contribution < -0.4 is 10.1 Å². The molecule has 0 bridgehead atoms. The van der Waals surface area contributed by atoms with Crippen LogP contribution in [0.3, 0.4) is 0 Å². The average molecular weight is 318 g/mol. The second-order valence-corrected chi connectivity index (χ2v) is 5.47. The van der Waals surface area contributed by atoms with Crippen molar-refractivity contribution in [1.82, 2.24) is 5.32 Å². The van der Waals surface area contributed by atoms with Crippen LogP contribution in [0, 0.1) is 0 Å². The van der Waals surface area contributed by atoms with Crippen LogP contribution in [0.1, 0.15) is 18.9 Å². The number of para-hydroxylation sites is 1. The topological polar surface area (TPSA) is 38.3 Å². The Morgan fingerprint density at radius 1 is 1.14 bits per heavy atom. The van der Waals surface area contributed by atoms with Crippen LogP contribution in [0.2, 0.25) is 5.02 Å². The summed E-state index contributed by atoms with van der Waals surface area (Å²) in [5.74, 6) is 0.587. The van der Waals surface area contributed by atoms with E-state index >= 15 is 0 Å². The Hall–Kier alpha value is -2.00. The van der Waals surface area contributed by atoms with E-state index < -0.39 is 6.10 Å². The number of carbonyl (C=O) groups excluding carboxylic acids is 1. The number of halogens is 1. The molecular weight excluding hydrogens is 298 g/mol. The van der Waals surface area contributed by atoms with Crippen molar-refractivity contribution in [3.05, 3.63) is 65.2 Å². The zero-order valence-electron chi connectivity index (χ0n) is 12.6. The third kappa shape index (κ3) is 5.08. The van der Waals surface area contributed by atoms with E-state index in [0.29, 0.717) is 12.3 Å². The summed E-state index contributed by atoms with van der Waals surface area (Å²) in [5, 5.41) is 3.66. The predicted octanol–water partition coefficient (Wildman–Crippen LogP) is 3.86. The number of rotatable bonds is 7. The molecule has 1 unspecified atom stereocenters. The SMILES string of the molecule is CC(Oc1ccccc1)C(=O)NCCCc1ccccc1Cl. The Bertz CT molecular complexity index is 601. The van der Waals surface area contributed by atoms with E-state index in [9.17, 15) is 4.79 Å². The average Bonchev–Trinajstić information content (AvgIpc) is 2.53. The summed E-state index contributed by atoms with van der Waals surface area (Å²) < 4.78 is 5.58. The van der Waals surface area contributed by atoms with Crippen molar-refractivity contribution in [2.24, 2.45) is 0 Å². The molecule has 116 valence electrons. The molecule has 0 aliphatic carbocycles. The van der Waals surface area contributed by atoms with Crippen LogP contribution >= 0.6 is 11.6 Å². The van der Waals surface area contributed by atoms with Gasteiger partial charge in [0.25, 0.3) is 5.91 Å². The first-order valence-corrected chi connectivity index (χ1v) is 7.77. The van der Waals surface area contributed by atoms with Gasteiger partial charge in [0.1, 0.15) is 5.75 Å². The largest absolute Gasteiger partial charge is 0.481 e. The van der Waals surface area contributed by atoms with Crippen molar-refractivity contribution in [2.75, 3.05) is 6.54 Å². The summed E-state index contributed by atoms with van der Waals surface area (Å²) in [6.07, 6.45) is 1.17. The molecule has 2 aromatic rings. The summed E-state index contributed by atoms with van der Waals surface area (Å²) in [6.45, 7) is 2.35. The second kappa shape index (κ2) is 8.44. The Kier molecular flexibility index (Phi) is 6.28. The summed E-state index contributed by atoms with van der Waals surface area (Å²) in [4.78, 5) is 12.0. The molecule has 1 atom stereocenters. The summed E-state index contributed by atoms with van der Waals surface area (Å²) in [7, 11) is 0. The molecule has 0 aromatic heterocycles. The molecule has 1 N–H and O–H groups in total. The van der Waals surface area contributed by atoms with E-state index in [2.05, 4.69) is 5.32 Å². The van der Waals surface area contributed by atoms with Gasteiger partial charge in [0.05, 0.1) is 0 Å². The van der Waals surface area contributed by atoms with Crippen molar-refractivity contribution in [1.29, 1.82) is 0 Å². The molecule has 3 nitrogen and oxygen atoms in total. The number of amides is 1. The molecule has 2 rings (SSSR count). The highest BCUT2D eigenvalue weighted by molar-refractivity contribution is 6.31. The molecule has 0 heterocycles. The summed E-state index contributed by atoms with van der Waals surface area (Å²) in [5.41, 5.74) is 1.10. The molecule has 1 amide bonds. The van der Waals surface area contributed by atoms with E-state index in [1.165, 1.54) is 0 Å². The fourth-order valence-corrected chi connectivity index (χ4v) is 2.32. The van der Waals surface area contributed by atoms with E-state index in [-0.39, 0.29) is 5.91 Å². The van der Waals surface area contributed by atoms with Gasteiger partial charge in [0.2, 0.25) is 0 Å². The van der Waals surface area contributed by atoms with Crippen LogP contribution in [-0.4, -0.2) is 18.6 Å². The lowest BCUT2D eigenvalue weighted by Gasteiger charge is -2.14. The van der Waals surface area contributed by atoms with Crippen LogP contribution in [0.15, 0.2) is 54.6 Å². The highest BCUT2D eigenvalue weighted by Gasteiger charge is 2.13. The zero-order valence-corrected chi connectivity index (χ0v) is 13.3. The third-order valence-electron chi connectivity index (χ3n) is 3.31. The van der Waals surface area contributed by atoms with Gasteiger partial charge in [-0.1, -0.05) is 48.0 Å². The first-order valence-electron chi connectivity index (χ1n) is 7.39.